The molecular weight excluding hydrogens is 358 g/mol. The molecule has 0 saturated carbocycles. The maximum atomic E-state index is 13.2. The van der Waals surface area contributed by atoms with E-state index >= 15 is 0 Å². The van der Waals surface area contributed by atoms with Crippen molar-refractivity contribution in [3.05, 3.63) is 70.6 Å². The van der Waals surface area contributed by atoms with Crippen LogP contribution >= 0.6 is 0 Å². The lowest BCUT2D eigenvalue weighted by atomic mass is 10.1. The molecule has 1 fully saturated rings. The number of oxazole rings is 1. The molecule has 2 aromatic heterocycles. The average molecular weight is 375 g/mol. The molecule has 0 spiro atoms. The van der Waals surface area contributed by atoms with E-state index in [0.717, 1.165) is 5.52 Å². The number of Topliss-reactive ketones (excluding diaryl/α,β-unsaturated/α-hetero) is 1. The fraction of sp³-hybridized carbons (Fsp3) is 0.190. The van der Waals surface area contributed by atoms with Crippen LogP contribution in [0.1, 0.15) is 10.6 Å². The van der Waals surface area contributed by atoms with E-state index in [1.54, 1.807) is 24.3 Å². The van der Waals surface area contributed by atoms with Crippen molar-refractivity contribution in [3.8, 4) is 0 Å². The van der Waals surface area contributed by atoms with E-state index in [2.05, 4.69) is 10.3 Å². The summed E-state index contributed by atoms with van der Waals surface area (Å²) in [6, 6.07) is 15.5. The van der Waals surface area contributed by atoms with Gasteiger partial charge in [0.2, 0.25) is 5.78 Å². The topological polar surface area (TPSA) is 88.6 Å². The second-order valence-corrected chi connectivity index (χ2v) is 6.71. The first-order chi connectivity index (χ1) is 13.7. The van der Waals surface area contributed by atoms with Gasteiger partial charge < -0.3 is 19.1 Å². The first-order valence-corrected chi connectivity index (χ1v) is 9.11. The highest BCUT2D eigenvalue weighted by molar-refractivity contribution is 6.01. The molecule has 1 aliphatic rings. The van der Waals surface area contributed by atoms with Crippen LogP contribution in [-0.4, -0.2) is 36.4 Å². The number of carbonyl (C=O) groups excluding carboxylic acids is 1. The second-order valence-electron chi connectivity index (χ2n) is 6.71. The molecule has 1 saturated heterocycles. The summed E-state index contributed by atoms with van der Waals surface area (Å²) in [5.41, 5.74) is 1.57. The highest BCUT2D eigenvalue weighted by atomic mass is 16.4. The van der Waals surface area contributed by atoms with Crippen LogP contribution in [0, 0.1) is 0 Å². The Morgan fingerprint density at radius 1 is 1.07 bits per heavy atom. The molecule has 7 nitrogen and oxygen atoms in total. The van der Waals surface area contributed by atoms with Gasteiger partial charge in [-0.05, 0) is 24.3 Å². The Hall–Kier alpha value is -3.45. The third kappa shape index (κ3) is 2.76. The van der Waals surface area contributed by atoms with Gasteiger partial charge in [-0.25, -0.2) is 0 Å². The molecule has 140 valence electrons. The third-order valence-corrected chi connectivity index (χ3v) is 4.95. The first kappa shape index (κ1) is 16.7. The van der Waals surface area contributed by atoms with Crippen molar-refractivity contribution in [1.29, 1.82) is 0 Å². The van der Waals surface area contributed by atoms with Crippen molar-refractivity contribution in [2.45, 2.75) is 6.04 Å². The van der Waals surface area contributed by atoms with Crippen molar-refractivity contribution in [1.82, 2.24) is 10.3 Å². The summed E-state index contributed by atoms with van der Waals surface area (Å²) in [6.07, 6.45) is 0. The number of hydrogen-bond donors (Lipinski definition) is 1. The molecule has 5 rings (SSSR count). The van der Waals surface area contributed by atoms with Gasteiger partial charge in [0.25, 0.3) is 6.01 Å². The van der Waals surface area contributed by atoms with Crippen LogP contribution in [-0.2, 0) is 0 Å². The third-order valence-electron chi connectivity index (χ3n) is 4.95. The van der Waals surface area contributed by atoms with E-state index in [0.29, 0.717) is 42.2 Å². The monoisotopic (exact) mass is 375 g/mol. The molecule has 0 radical (unpaired) electrons. The van der Waals surface area contributed by atoms with Crippen molar-refractivity contribution in [2.24, 2.45) is 0 Å². The SMILES string of the molecule is O=C(c1cc(=O)c2ccccc2o1)C1CNCCN1c1nc2ccccc2o1. The van der Waals surface area contributed by atoms with Crippen LogP contribution < -0.4 is 15.6 Å². The van der Waals surface area contributed by atoms with Gasteiger partial charge in [-0.15, -0.1) is 0 Å². The van der Waals surface area contributed by atoms with E-state index in [4.69, 9.17) is 8.83 Å². The van der Waals surface area contributed by atoms with Gasteiger partial charge in [0.1, 0.15) is 17.1 Å². The highest BCUT2D eigenvalue weighted by Gasteiger charge is 2.34. The zero-order valence-electron chi connectivity index (χ0n) is 14.9. The molecule has 1 atom stereocenters. The lowest BCUT2D eigenvalue weighted by Gasteiger charge is -2.33. The van der Waals surface area contributed by atoms with Crippen molar-refractivity contribution < 1.29 is 13.6 Å². The maximum absolute atomic E-state index is 13.2. The predicted molar refractivity (Wildman–Crippen MR) is 105 cm³/mol. The molecule has 3 heterocycles. The number of aromatic nitrogens is 1. The second kappa shape index (κ2) is 6.61. The number of fused-ring (bicyclic) bond motifs is 2. The number of nitrogens with one attached hydrogen (secondary N) is 1. The van der Waals surface area contributed by atoms with Crippen LogP contribution in [0.4, 0.5) is 6.01 Å². The Kier molecular flexibility index (Phi) is 3.95. The summed E-state index contributed by atoms with van der Waals surface area (Å²) in [7, 11) is 0. The maximum Gasteiger partial charge on any atom is 0.299 e. The smallest absolute Gasteiger partial charge is 0.299 e. The molecule has 7 heteroatoms. The van der Waals surface area contributed by atoms with Crippen LogP contribution in [0.2, 0.25) is 0 Å². The Bertz CT molecular complexity index is 1210. The molecule has 0 bridgehead atoms. The summed E-state index contributed by atoms with van der Waals surface area (Å²) >= 11 is 0. The zero-order valence-corrected chi connectivity index (χ0v) is 14.9. The van der Waals surface area contributed by atoms with Gasteiger partial charge in [0.05, 0.1) is 5.39 Å². The van der Waals surface area contributed by atoms with Crippen molar-refractivity contribution in [2.75, 3.05) is 24.5 Å². The van der Waals surface area contributed by atoms with Crippen LogP contribution in [0.3, 0.4) is 0 Å². The molecule has 1 N–H and O–H groups in total. The molecule has 1 unspecified atom stereocenters. The minimum Gasteiger partial charge on any atom is -0.453 e. The molecular formula is C21H17N3O4. The molecule has 28 heavy (non-hydrogen) atoms. The first-order valence-electron chi connectivity index (χ1n) is 9.11. The number of hydrogen-bond acceptors (Lipinski definition) is 7. The number of rotatable bonds is 3. The standard InChI is InChI=1S/C21H17N3O4/c25-16-11-19(27-17-7-3-1-5-13(16)17)20(26)15-12-22-9-10-24(15)21-23-14-6-2-4-8-18(14)28-21/h1-8,11,15,22H,9-10,12H2. The van der Waals surface area contributed by atoms with E-state index in [1.807, 2.05) is 29.2 Å². The van der Waals surface area contributed by atoms with E-state index in [-0.39, 0.29) is 17.0 Å². The van der Waals surface area contributed by atoms with Gasteiger partial charge in [-0.1, -0.05) is 24.3 Å². The molecule has 1 aliphatic heterocycles. The quantitative estimate of drug-likeness (QED) is 0.551. The van der Waals surface area contributed by atoms with Gasteiger partial charge in [0, 0.05) is 25.7 Å². The molecule has 4 aromatic rings. The largest absolute Gasteiger partial charge is 0.453 e. The normalized spacial score (nSPS) is 17.3. The summed E-state index contributed by atoms with van der Waals surface area (Å²) < 4.78 is 11.6. The summed E-state index contributed by atoms with van der Waals surface area (Å²) in [5.74, 6) is -0.240. The predicted octanol–water partition coefficient (Wildman–Crippen LogP) is 2.60. The number of ketones is 1. The van der Waals surface area contributed by atoms with E-state index in [1.165, 1.54) is 6.07 Å². The number of benzene rings is 2. The number of anilines is 1. The van der Waals surface area contributed by atoms with Crippen molar-refractivity contribution >= 4 is 33.9 Å². The van der Waals surface area contributed by atoms with E-state index < -0.39 is 6.04 Å². The average Bonchev–Trinajstić information content (AvgIpc) is 3.17. The lowest BCUT2D eigenvalue weighted by molar-refractivity contribution is 0.0921. The highest BCUT2D eigenvalue weighted by Crippen LogP contribution is 2.25. The molecule has 0 amide bonds. The van der Waals surface area contributed by atoms with Crippen LogP contribution in [0.5, 0.6) is 0 Å². The Morgan fingerprint density at radius 3 is 2.71 bits per heavy atom. The summed E-state index contributed by atoms with van der Waals surface area (Å²) in [4.78, 5) is 31.9. The van der Waals surface area contributed by atoms with Gasteiger partial charge in [-0.3, -0.25) is 9.59 Å². The van der Waals surface area contributed by atoms with Gasteiger partial charge in [0.15, 0.2) is 16.8 Å². The minimum absolute atomic E-state index is 0.0403. The fourth-order valence-electron chi connectivity index (χ4n) is 3.54. The fourth-order valence-corrected chi connectivity index (χ4v) is 3.54. The molecule has 2 aromatic carbocycles. The van der Waals surface area contributed by atoms with E-state index in [9.17, 15) is 9.59 Å². The van der Waals surface area contributed by atoms with Gasteiger partial charge >= 0.3 is 0 Å². The summed E-state index contributed by atoms with van der Waals surface area (Å²) in [6.45, 7) is 1.67. The number of para-hydroxylation sites is 3. The zero-order chi connectivity index (χ0) is 19.1. The Balaban J connectivity index is 1.54. The van der Waals surface area contributed by atoms with Gasteiger partial charge in [-0.2, -0.15) is 4.98 Å². The number of carbonyl (C=O) groups is 1. The Labute approximate surface area is 159 Å². The number of nitrogens with zero attached hydrogens (tertiary/aromatic N) is 2. The van der Waals surface area contributed by atoms with Crippen molar-refractivity contribution in [3.63, 3.8) is 0 Å². The minimum atomic E-state index is -0.578. The summed E-state index contributed by atoms with van der Waals surface area (Å²) in [5, 5.41) is 3.67. The van der Waals surface area contributed by atoms with Crippen LogP contribution in [0.15, 0.2) is 68.2 Å². The number of piperazine rings is 1. The van der Waals surface area contributed by atoms with Crippen LogP contribution in [0.25, 0.3) is 22.1 Å². The molecule has 0 aliphatic carbocycles. The Morgan fingerprint density at radius 2 is 1.86 bits per heavy atom. The lowest BCUT2D eigenvalue weighted by Crippen LogP contribution is -2.55.